The number of allylic oxidation sites excluding steroid dienone is 2. The molecule has 0 saturated carbocycles. The van der Waals surface area contributed by atoms with Gasteiger partial charge in [-0.1, -0.05) is 22.0 Å². The van der Waals surface area contributed by atoms with E-state index in [1.165, 1.54) is 41.3 Å². The van der Waals surface area contributed by atoms with Gasteiger partial charge in [0, 0.05) is 4.47 Å². The Morgan fingerprint density at radius 1 is 1.13 bits per heavy atom. The zero-order valence-corrected chi connectivity index (χ0v) is 10.7. The molecule has 0 spiro atoms. The lowest BCUT2D eigenvalue weighted by molar-refractivity contribution is 0.683. The first kappa shape index (κ1) is 9.65. The molecule has 15 heavy (non-hydrogen) atoms. The third kappa shape index (κ3) is 1.40. The molecule has 0 fully saturated rings. The molecule has 1 aromatic rings. The monoisotopic (exact) mass is 262 g/mol. The number of rotatable bonds is 0. The fourth-order valence-corrected chi connectivity index (χ4v) is 3.58. The number of halogens is 1. The van der Waals surface area contributed by atoms with E-state index in [9.17, 15) is 0 Å². The first-order valence-corrected chi connectivity index (χ1v) is 6.57. The molecule has 0 bridgehead atoms. The van der Waals surface area contributed by atoms with Crippen molar-refractivity contribution in [1.29, 1.82) is 0 Å². The fraction of sp³-hybridized carbons (Fsp3) is 0.429. The Labute approximate surface area is 99.5 Å². The molecule has 2 aliphatic carbocycles. The van der Waals surface area contributed by atoms with E-state index in [1.807, 2.05) is 0 Å². The SMILES string of the molecule is CC1=CCc2c(Br)cc3c(c21)CCCC3. The van der Waals surface area contributed by atoms with Gasteiger partial charge >= 0.3 is 0 Å². The summed E-state index contributed by atoms with van der Waals surface area (Å²) in [6.07, 6.45) is 8.78. The zero-order valence-electron chi connectivity index (χ0n) is 9.07. The summed E-state index contributed by atoms with van der Waals surface area (Å²) in [4.78, 5) is 0. The van der Waals surface area contributed by atoms with Crippen molar-refractivity contribution in [3.8, 4) is 0 Å². The van der Waals surface area contributed by atoms with Crippen LogP contribution < -0.4 is 0 Å². The van der Waals surface area contributed by atoms with Gasteiger partial charge in [-0.2, -0.15) is 0 Å². The summed E-state index contributed by atoms with van der Waals surface area (Å²) < 4.78 is 1.33. The van der Waals surface area contributed by atoms with Crippen LogP contribution in [0.5, 0.6) is 0 Å². The van der Waals surface area contributed by atoms with Crippen molar-refractivity contribution >= 4 is 21.5 Å². The van der Waals surface area contributed by atoms with Gasteiger partial charge < -0.3 is 0 Å². The van der Waals surface area contributed by atoms with Crippen LogP contribution in [0.25, 0.3) is 5.57 Å². The first-order chi connectivity index (χ1) is 7.27. The second-order valence-electron chi connectivity index (χ2n) is 4.65. The Morgan fingerprint density at radius 3 is 2.80 bits per heavy atom. The van der Waals surface area contributed by atoms with Crippen molar-refractivity contribution in [3.05, 3.63) is 38.9 Å². The van der Waals surface area contributed by atoms with Crippen LogP contribution in [0.4, 0.5) is 0 Å². The molecule has 2 aliphatic rings. The molecule has 0 N–H and O–H groups in total. The van der Waals surface area contributed by atoms with Gasteiger partial charge in [0.25, 0.3) is 0 Å². The molecule has 78 valence electrons. The molecular formula is C14H15Br. The summed E-state index contributed by atoms with van der Waals surface area (Å²) in [6.45, 7) is 2.26. The molecule has 0 aromatic heterocycles. The average molecular weight is 263 g/mol. The Morgan fingerprint density at radius 2 is 1.93 bits per heavy atom. The predicted octanol–water partition coefficient (Wildman–Crippen LogP) is 4.29. The molecule has 1 aromatic carbocycles. The summed E-state index contributed by atoms with van der Waals surface area (Å²) in [5.74, 6) is 0. The number of fused-ring (bicyclic) bond motifs is 3. The lowest BCUT2D eigenvalue weighted by atomic mass is 9.85. The van der Waals surface area contributed by atoms with Gasteiger partial charge in [0.1, 0.15) is 0 Å². The van der Waals surface area contributed by atoms with Crippen LogP contribution in [0.1, 0.15) is 42.0 Å². The first-order valence-electron chi connectivity index (χ1n) is 5.77. The van der Waals surface area contributed by atoms with Crippen molar-refractivity contribution in [3.63, 3.8) is 0 Å². The minimum absolute atomic E-state index is 1.12. The van der Waals surface area contributed by atoms with Crippen LogP contribution in [0.3, 0.4) is 0 Å². The summed E-state index contributed by atoms with van der Waals surface area (Å²) in [6, 6.07) is 2.36. The van der Waals surface area contributed by atoms with Gasteiger partial charge in [-0.15, -0.1) is 0 Å². The van der Waals surface area contributed by atoms with Crippen molar-refractivity contribution in [2.45, 2.75) is 39.0 Å². The molecule has 0 aliphatic heterocycles. The molecule has 0 saturated heterocycles. The minimum atomic E-state index is 1.12. The van der Waals surface area contributed by atoms with Gasteiger partial charge in [-0.05, 0) is 72.9 Å². The number of hydrogen-bond acceptors (Lipinski definition) is 0. The highest BCUT2D eigenvalue weighted by molar-refractivity contribution is 9.10. The maximum Gasteiger partial charge on any atom is 0.0219 e. The smallest absolute Gasteiger partial charge is 0.0219 e. The molecule has 0 radical (unpaired) electrons. The zero-order chi connectivity index (χ0) is 10.4. The van der Waals surface area contributed by atoms with Crippen LogP contribution in [-0.2, 0) is 19.3 Å². The Balaban J connectivity index is 2.28. The molecule has 0 heterocycles. The Hall–Kier alpha value is -0.560. The van der Waals surface area contributed by atoms with Crippen molar-refractivity contribution in [2.24, 2.45) is 0 Å². The van der Waals surface area contributed by atoms with Crippen LogP contribution >= 0.6 is 15.9 Å². The summed E-state index contributed by atoms with van der Waals surface area (Å²) in [5.41, 5.74) is 7.81. The average Bonchev–Trinajstić information content (AvgIpc) is 2.62. The summed E-state index contributed by atoms with van der Waals surface area (Å²) in [7, 11) is 0. The topological polar surface area (TPSA) is 0 Å². The second-order valence-corrected chi connectivity index (χ2v) is 5.50. The molecule has 0 amide bonds. The van der Waals surface area contributed by atoms with E-state index in [0.29, 0.717) is 0 Å². The highest BCUT2D eigenvalue weighted by atomic mass is 79.9. The lowest BCUT2D eigenvalue weighted by Crippen LogP contribution is -2.07. The van der Waals surface area contributed by atoms with E-state index >= 15 is 0 Å². The normalized spacial score (nSPS) is 18.4. The summed E-state index contributed by atoms with van der Waals surface area (Å²) in [5, 5.41) is 0. The minimum Gasteiger partial charge on any atom is -0.0765 e. The van der Waals surface area contributed by atoms with Crippen LogP contribution in [-0.4, -0.2) is 0 Å². The van der Waals surface area contributed by atoms with E-state index in [0.717, 1.165) is 6.42 Å². The third-order valence-electron chi connectivity index (χ3n) is 3.71. The molecule has 0 atom stereocenters. The van der Waals surface area contributed by atoms with Gasteiger partial charge in [0.2, 0.25) is 0 Å². The van der Waals surface area contributed by atoms with Gasteiger partial charge in [0.05, 0.1) is 0 Å². The van der Waals surface area contributed by atoms with Crippen molar-refractivity contribution in [1.82, 2.24) is 0 Å². The Kier molecular flexibility index (Phi) is 2.24. The molecule has 1 heteroatoms. The van der Waals surface area contributed by atoms with Crippen LogP contribution in [0, 0.1) is 0 Å². The van der Waals surface area contributed by atoms with E-state index in [2.05, 4.69) is 35.0 Å². The number of hydrogen-bond donors (Lipinski definition) is 0. The lowest BCUT2D eigenvalue weighted by Gasteiger charge is -2.21. The van der Waals surface area contributed by atoms with Gasteiger partial charge in [-0.3, -0.25) is 0 Å². The molecule has 3 rings (SSSR count). The van der Waals surface area contributed by atoms with Crippen molar-refractivity contribution < 1.29 is 0 Å². The fourth-order valence-electron chi connectivity index (χ4n) is 2.95. The van der Waals surface area contributed by atoms with Gasteiger partial charge in [-0.25, -0.2) is 0 Å². The highest BCUT2D eigenvalue weighted by Crippen LogP contribution is 2.39. The second kappa shape index (κ2) is 3.48. The molecular weight excluding hydrogens is 248 g/mol. The van der Waals surface area contributed by atoms with E-state index < -0.39 is 0 Å². The molecule has 0 unspecified atom stereocenters. The maximum absolute atomic E-state index is 3.72. The maximum atomic E-state index is 3.72. The third-order valence-corrected chi connectivity index (χ3v) is 4.42. The van der Waals surface area contributed by atoms with E-state index in [1.54, 1.807) is 16.7 Å². The number of aryl methyl sites for hydroxylation is 1. The molecule has 0 nitrogen and oxygen atoms in total. The van der Waals surface area contributed by atoms with E-state index in [4.69, 9.17) is 0 Å². The van der Waals surface area contributed by atoms with Crippen LogP contribution in [0.2, 0.25) is 0 Å². The van der Waals surface area contributed by atoms with Crippen molar-refractivity contribution in [2.75, 3.05) is 0 Å². The van der Waals surface area contributed by atoms with Crippen LogP contribution in [0.15, 0.2) is 16.6 Å². The quantitative estimate of drug-likeness (QED) is 0.655. The Bertz CT molecular complexity index is 455. The largest absolute Gasteiger partial charge is 0.0765 e. The van der Waals surface area contributed by atoms with Gasteiger partial charge in [0.15, 0.2) is 0 Å². The highest BCUT2D eigenvalue weighted by Gasteiger charge is 2.22. The number of benzene rings is 1. The summed E-state index contributed by atoms with van der Waals surface area (Å²) >= 11 is 3.72. The van der Waals surface area contributed by atoms with E-state index in [-0.39, 0.29) is 0 Å². The standard InChI is InChI=1S/C14H15Br/c1-9-6-7-12-13(15)8-10-4-2-3-5-11(10)14(9)12/h6,8H,2-5,7H2,1H3. The predicted molar refractivity (Wildman–Crippen MR) is 68.1 cm³/mol.